The minimum absolute atomic E-state index is 0.0618. The molecular formula is C17H27NO3. The minimum Gasteiger partial charge on any atom is -0.494 e. The maximum atomic E-state index is 11.3. The Morgan fingerprint density at radius 3 is 2.67 bits per heavy atom. The van der Waals surface area contributed by atoms with Crippen LogP contribution in [0.3, 0.4) is 0 Å². The predicted molar refractivity (Wildman–Crippen MR) is 86.0 cm³/mol. The number of anilines is 1. The molecule has 1 N–H and O–H groups in total. The molecule has 1 aromatic carbocycles. The lowest BCUT2D eigenvalue weighted by atomic mass is 10.1. The van der Waals surface area contributed by atoms with E-state index in [4.69, 9.17) is 9.47 Å². The summed E-state index contributed by atoms with van der Waals surface area (Å²) in [6.45, 7) is 5.38. The molecule has 21 heavy (non-hydrogen) atoms. The Balaban J connectivity index is 2.01. The fourth-order valence-corrected chi connectivity index (χ4v) is 1.75. The highest BCUT2D eigenvalue weighted by molar-refractivity contribution is 5.81. The molecule has 0 amide bonds. The van der Waals surface area contributed by atoms with Crippen molar-refractivity contribution in [3.8, 4) is 5.75 Å². The summed E-state index contributed by atoms with van der Waals surface area (Å²) in [5.41, 5.74) is 1.05. The monoisotopic (exact) mass is 293 g/mol. The number of hydrogen-bond acceptors (Lipinski definition) is 4. The van der Waals surface area contributed by atoms with Crippen LogP contribution in [0.15, 0.2) is 24.3 Å². The Labute approximate surface area is 127 Å². The van der Waals surface area contributed by atoms with Crippen LogP contribution >= 0.6 is 0 Å². The van der Waals surface area contributed by atoms with E-state index in [2.05, 4.69) is 5.32 Å². The SMILES string of the molecule is CNc1cccc(OCCCCCOCC(=O)C(C)C)c1. The lowest BCUT2D eigenvalue weighted by Gasteiger charge is -2.08. The molecule has 0 heterocycles. The molecule has 0 aliphatic rings. The summed E-state index contributed by atoms with van der Waals surface area (Å²) in [6, 6.07) is 7.92. The first-order chi connectivity index (χ1) is 10.1. The Morgan fingerprint density at radius 1 is 1.19 bits per heavy atom. The van der Waals surface area contributed by atoms with Crippen LogP contribution in [-0.4, -0.2) is 32.7 Å². The van der Waals surface area contributed by atoms with Gasteiger partial charge in [0.25, 0.3) is 0 Å². The van der Waals surface area contributed by atoms with E-state index in [1.54, 1.807) is 0 Å². The summed E-state index contributed by atoms with van der Waals surface area (Å²) < 4.78 is 11.0. The third-order valence-electron chi connectivity index (χ3n) is 3.21. The molecular weight excluding hydrogens is 266 g/mol. The summed E-state index contributed by atoms with van der Waals surface area (Å²) >= 11 is 0. The van der Waals surface area contributed by atoms with E-state index in [9.17, 15) is 4.79 Å². The van der Waals surface area contributed by atoms with Crippen LogP contribution in [0.5, 0.6) is 5.75 Å². The van der Waals surface area contributed by atoms with Gasteiger partial charge in [0.1, 0.15) is 12.4 Å². The molecule has 4 heteroatoms. The van der Waals surface area contributed by atoms with Gasteiger partial charge in [-0.2, -0.15) is 0 Å². The van der Waals surface area contributed by atoms with Gasteiger partial charge in [0, 0.05) is 31.3 Å². The van der Waals surface area contributed by atoms with Crippen molar-refractivity contribution in [3.63, 3.8) is 0 Å². The van der Waals surface area contributed by atoms with Gasteiger partial charge in [0.05, 0.1) is 6.61 Å². The second-order valence-electron chi connectivity index (χ2n) is 5.36. The van der Waals surface area contributed by atoms with E-state index in [0.29, 0.717) is 13.2 Å². The molecule has 0 saturated heterocycles. The lowest BCUT2D eigenvalue weighted by molar-refractivity contribution is -0.126. The normalized spacial score (nSPS) is 10.7. The van der Waals surface area contributed by atoms with Crippen molar-refractivity contribution in [1.29, 1.82) is 0 Å². The largest absolute Gasteiger partial charge is 0.494 e. The molecule has 1 aromatic rings. The third-order valence-corrected chi connectivity index (χ3v) is 3.21. The van der Waals surface area contributed by atoms with Crippen molar-refractivity contribution in [2.75, 3.05) is 32.2 Å². The van der Waals surface area contributed by atoms with Crippen LogP contribution in [0, 0.1) is 5.92 Å². The first-order valence-electron chi connectivity index (χ1n) is 7.64. The van der Waals surface area contributed by atoms with E-state index in [0.717, 1.165) is 30.7 Å². The first-order valence-corrected chi connectivity index (χ1v) is 7.64. The van der Waals surface area contributed by atoms with Crippen LogP contribution in [0.1, 0.15) is 33.1 Å². The fourth-order valence-electron chi connectivity index (χ4n) is 1.75. The topological polar surface area (TPSA) is 47.6 Å². The number of nitrogens with one attached hydrogen (secondary N) is 1. The van der Waals surface area contributed by atoms with E-state index in [1.165, 1.54) is 0 Å². The van der Waals surface area contributed by atoms with Crippen LogP contribution in [0.4, 0.5) is 5.69 Å². The van der Waals surface area contributed by atoms with E-state index >= 15 is 0 Å². The summed E-state index contributed by atoms with van der Waals surface area (Å²) in [6.07, 6.45) is 3.00. The zero-order chi connectivity index (χ0) is 15.5. The summed E-state index contributed by atoms with van der Waals surface area (Å²) in [5, 5.41) is 3.08. The number of benzene rings is 1. The molecule has 1 rings (SSSR count). The van der Waals surface area contributed by atoms with Crippen LogP contribution in [-0.2, 0) is 9.53 Å². The van der Waals surface area contributed by atoms with Crippen molar-refractivity contribution in [2.24, 2.45) is 5.92 Å². The number of hydrogen-bond donors (Lipinski definition) is 1. The van der Waals surface area contributed by atoms with Crippen molar-refractivity contribution in [2.45, 2.75) is 33.1 Å². The van der Waals surface area contributed by atoms with Gasteiger partial charge < -0.3 is 14.8 Å². The molecule has 0 aromatic heterocycles. The molecule has 0 unspecified atom stereocenters. The highest BCUT2D eigenvalue weighted by Crippen LogP contribution is 2.17. The van der Waals surface area contributed by atoms with E-state index in [-0.39, 0.29) is 18.3 Å². The molecule has 0 bridgehead atoms. The Kier molecular flexibility index (Phi) is 8.51. The standard InChI is InChI=1S/C17H27NO3/c1-14(2)17(19)13-20-10-5-4-6-11-21-16-9-7-8-15(12-16)18-3/h7-9,12,14,18H,4-6,10-11,13H2,1-3H3. The van der Waals surface area contributed by atoms with Gasteiger partial charge in [-0.3, -0.25) is 4.79 Å². The molecule has 118 valence electrons. The molecule has 0 aliphatic carbocycles. The van der Waals surface area contributed by atoms with Crippen molar-refractivity contribution in [3.05, 3.63) is 24.3 Å². The summed E-state index contributed by atoms with van der Waals surface area (Å²) in [4.78, 5) is 11.3. The zero-order valence-electron chi connectivity index (χ0n) is 13.4. The fraction of sp³-hybridized carbons (Fsp3) is 0.588. The van der Waals surface area contributed by atoms with Crippen LogP contribution in [0.25, 0.3) is 0 Å². The molecule has 0 radical (unpaired) electrons. The maximum absolute atomic E-state index is 11.3. The van der Waals surface area contributed by atoms with Gasteiger partial charge in [-0.15, -0.1) is 0 Å². The van der Waals surface area contributed by atoms with Gasteiger partial charge >= 0.3 is 0 Å². The van der Waals surface area contributed by atoms with Gasteiger partial charge in [0.15, 0.2) is 5.78 Å². The highest BCUT2D eigenvalue weighted by atomic mass is 16.5. The lowest BCUT2D eigenvalue weighted by Crippen LogP contribution is -2.15. The molecule has 0 atom stereocenters. The number of carbonyl (C=O) groups excluding carboxylic acids is 1. The first kappa shape index (κ1) is 17.5. The average molecular weight is 293 g/mol. The van der Waals surface area contributed by atoms with Crippen molar-refractivity contribution in [1.82, 2.24) is 0 Å². The van der Waals surface area contributed by atoms with Crippen LogP contribution < -0.4 is 10.1 Å². The van der Waals surface area contributed by atoms with E-state index in [1.807, 2.05) is 45.2 Å². The zero-order valence-corrected chi connectivity index (χ0v) is 13.4. The summed E-state index contributed by atoms with van der Waals surface area (Å²) in [5.74, 6) is 1.12. The van der Waals surface area contributed by atoms with Crippen molar-refractivity contribution < 1.29 is 14.3 Å². The highest BCUT2D eigenvalue weighted by Gasteiger charge is 2.06. The van der Waals surface area contributed by atoms with Gasteiger partial charge in [-0.25, -0.2) is 0 Å². The number of Topliss-reactive ketones (excluding diaryl/α,β-unsaturated/α-hetero) is 1. The second-order valence-corrected chi connectivity index (χ2v) is 5.36. The number of ketones is 1. The predicted octanol–water partition coefficient (Wildman–Crippen LogP) is 3.52. The Morgan fingerprint density at radius 2 is 1.95 bits per heavy atom. The summed E-state index contributed by atoms with van der Waals surface area (Å²) in [7, 11) is 1.89. The molecule has 4 nitrogen and oxygen atoms in total. The number of ether oxygens (including phenoxy) is 2. The third kappa shape index (κ3) is 7.71. The molecule has 0 saturated carbocycles. The number of unbranched alkanes of at least 4 members (excludes halogenated alkanes) is 2. The Bertz CT molecular complexity index is 418. The van der Waals surface area contributed by atoms with Gasteiger partial charge in [0.2, 0.25) is 0 Å². The Hall–Kier alpha value is -1.55. The quantitative estimate of drug-likeness (QED) is 0.634. The van der Waals surface area contributed by atoms with Gasteiger partial charge in [-0.05, 0) is 31.4 Å². The van der Waals surface area contributed by atoms with Crippen LogP contribution in [0.2, 0.25) is 0 Å². The minimum atomic E-state index is 0.0618. The molecule has 0 aliphatic heterocycles. The van der Waals surface area contributed by atoms with E-state index < -0.39 is 0 Å². The van der Waals surface area contributed by atoms with Crippen molar-refractivity contribution >= 4 is 11.5 Å². The number of carbonyl (C=O) groups is 1. The second kappa shape index (κ2) is 10.2. The molecule has 0 spiro atoms. The van der Waals surface area contributed by atoms with Gasteiger partial charge in [-0.1, -0.05) is 19.9 Å². The number of rotatable bonds is 11. The maximum Gasteiger partial charge on any atom is 0.160 e. The smallest absolute Gasteiger partial charge is 0.160 e. The average Bonchev–Trinajstić information content (AvgIpc) is 2.49. The molecule has 0 fully saturated rings.